The maximum absolute atomic E-state index is 7.70. The topological polar surface area (TPSA) is 82.4 Å². The molecule has 0 saturated heterocycles. The lowest BCUT2D eigenvalue weighted by atomic mass is 10.1. The maximum Gasteiger partial charge on any atom is 0.124 e. The van der Waals surface area contributed by atoms with Crippen molar-refractivity contribution in [3.63, 3.8) is 0 Å². The van der Waals surface area contributed by atoms with Gasteiger partial charge in [0, 0.05) is 5.56 Å². The van der Waals surface area contributed by atoms with Crippen LogP contribution in [0.4, 0.5) is 17.1 Å². The number of amidine groups is 1. The number of benzene rings is 2. The Morgan fingerprint density at radius 2 is 1.80 bits per heavy atom. The normalized spacial score (nSPS) is 13.5. The van der Waals surface area contributed by atoms with E-state index in [9.17, 15) is 0 Å². The van der Waals surface area contributed by atoms with Crippen LogP contribution in [0.25, 0.3) is 0 Å². The van der Waals surface area contributed by atoms with E-state index >= 15 is 0 Å². The minimum absolute atomic E-state index is 0.0182. The second-order valence-corrected chi connectivity index (χ2v) is 4.98. The van der Waals surface area contributed by atoms with Crippen molar-refractivity contribution in [1.29, 1.82) is 5.41 Å². The summed E-state index contributed by atoms with van der Waals surface area (Å²) in [5.74, 6) is 6.04. The van der Waals surface area contributed by atoms with Gasteiger partial charge in [-0.1, -0.05) is 29.8 Å². The number of anilines is 3. The summed E-state index contributed by atoms with van der Waals surface area (Å²) in [4.78, 5) is 1.97. The van der Waals surface area contributed by atoms with Gasteiger partial charge in [-0.25, -0.2) is 5.84 Å². The van der Waals surface area contributed by atoms with Crippen molar-refractivity contribution >= 4 is 34.5 Å². The first-order valence-electron chi connectivity index (χ1n) is 6.11. The number of nitrogens with one attached hydrogen (secondary N) is 1. The Kier molecular flexibility index (Phi) is 3.00. The minimum Gasteiger partial charge on any atom is -0.384 e. The smallest absolute Gasteiger partial charge is 0.124 e. The fourth-order valence-electron chi connectivity index (χ4n) is 2.44. The zero-order chi connectivity index (χ0) is 14.3. The van der Waals surface area contributed by atoms with Gasteiger partial charge >= 0.3 is 0 Å². The number of hydrazine groups is 1. The van der Waals surface area contributed by atoms with Crippen LogP contribution in [-0.4, -0.2) is 12.5 Å². The van der Waals surface area contributed by atoms with Crippen LogP contribution < -0.4 is 21.5 Å². The van der Waals surface area contributed by atoms with Crippen molar-refractivity contribution in [1.82, 2.24) is 0 Å². The third kappa shape index (κ3) is 1.88. The summed E-state index contributed by atoms with van der Waals surface area (Å²) in [7, 11) is 0. The first kappa shape index (κ1) is 12.8. The summed E-state index contributed by atoms with van der Waals surface area (Å²) in [5.41, 5.74) is 8.83. The monoisotopic (exact) mass is 287 g/mol. The molecular weight excluding hydrogens is 274 g/mol. The zero-order valence-corrected chi connectivity index (χ0v) is 11.4. The van der Waals surface area contributed by atoms with Crippen molar-refractivity contribution in [3.8, 4) is 0 Å². The number of rotatable bonds is 2. The standard InChI is InChI=1S/C14H14ClN5/c15-10-5-3-7-12-13(10)19(8-20(12)18)11-6-2-1-4-9(11)14(16)17/h1-7H,8,18H2,(H3,16,17). The van der Waals surface area contributed by atoms with E-state index in [0.29, 0.717) is 17.3 Å². The molecule has 5 N–H and O–H groups in total. The summed E-state index contributed by atoms with van der Waals surface area (Å²) in [6.45, 7) is 0.462. The molecule has 0 atom stereocenters. The van der Waals surface area contributed by atoms with Crippen molar-refractivity contribution in [2.24, 2.45) is 11.6 Å². The van der Waals surface area contributed by atoms with E-state index in [-0.39, 0.29) is 5.84 Å². The van der Waals surface area contributed by atoms with Crippen molar-refractivity contribution < 1.29 is 0 Å². The molecule has 0 aliphatic carbocycles. The molecule has 1 aliphatic heterocycles. The number of nitrogen functional groups attached to an aromatic ring is 1. The molecule has 0 fully saturated rings. The summed E-state index contributed by atoms with van der Waals surface area (Å²) in [6, 6.07) is 13.1. The van der Waals surface area contributed by atoms with Crippen LogP contribution in [-0.2, 0) is 0 Å². The Morgan fingerprint density at radius 1 is 1.10 bits per heavy atom. The fourth-order valence-corrected chi connectivity index (χ4v) is 2.71. The summed E-state index contributed by atoms with van der Waals surface area (Å²) in [5, 5.41) is 9.94. The zero-order valence-electron chi connectivity index (χ0n) is 10.7. The predicted octanol–water partition coefficient (Wildman–Crippen LogP) is 2.41. The van der Waals surface area contributed by atoms with E-state index in [0.717, 1.165) is 17.1 Å². The molecule has 0 bridgehead atoms. The first-order valence-corrected chi connectivity index (χ1v) is 6.49. The number of para-hydroxylation sites is 2. The lowest BCUT2D eigenvalue weighted by Crippen LogP contribution is -2.34. The summed E-state index contributed by atoms with van der Waals surface area (Å²) >= 11 is 6.30. The largest absolute Gasteiger partial charge is 0.384 e. The highest BCUT2D eigenvalue weighted by molar-refractivity contribution is 6.34. The van der Waals surface area contributed by atoms with Crippen LogP contribution in [0.5, 0.6) is 0 Å². The Balaban J connectivity index is 2.18. The molecule has 102 valence electrons. The van der Waals surface area contributed by atoms with Crippen LogP contribution in [0.3, 0.4) is 0 Å². The van der Waals surface area contributed by atoms with Gasteiger partial charge in [0.25, 0.3) is 0 Å². The summed E-state index contributed by atoms with van der Waals surface area (Å²) in [6.07, 6.45) is 0. The van der Waals surface area contributed by atoms with Crippen molar-refractivity contribution in [2.75, 3.05) is 16.6 Å². The third-order valence-electron chi connectivity index (χ3n) is 3.32. The van der Waals surface area contributed by atoms with Crippen LogP contribution in [0.15, 0.2) is 42.5 Å². The molecule has 2 aromatic carbocycles. The minimum atomic E-state index is 0.0182. The first-order chi connectivity index (χ1) is 9.59. The van der Waals surface area contributed by atoms with E-state index in [2.05, 4.69) is 0 Å². The lowest BCUT2D eigenvalue weighted by Gasteiger charge is -2.22. The predicted molar refractivity (Wildman–Crippen MR) is 82.6 cm³/mol. The molecule has 20 heavy (non-hydrogen) atoms. The Hall–Kier alpha value is -2.24. The van der Waals surface area contributed by atoms with Gasteiger partial charge in [0.1, 0.15) is 12.5 Å². The van der Waals surface area contributed by atoms with Gasteiger partial charge in [-0.15, -0.1) is 0 Å². The molecule has 6 heteroatoms. The molecular formula is C14H14ClN5. The highest BCUT2D eigenvalue weighted by atomic mass is 35.5. The van der Waals surface area contributed by atoms with E-state index in [4.69, 9.17) is 28.6 Å². The van der Waals surface area contributed by atoms with Crippen LogP contribution in [0.2, 0.25) is 5.02 Å². The van der Waals surface area contributed by atoms with Gasteiger partial charge < -0.3 is 10.6 Å². The quantitative estimate of drug-likeness (QED) is 0.450. The molecule has 0 saturated carbocycles. The second kappa shape index (κ2) is 4.70. The summed E-state index contributed by atoms with van der Waals surface area (Å²) < 4.78 is 0. The van der Waals surface area contributed by atoms with Gasteiger partial charge in [0.15, 0.2) is 0 Å². The van der Waals surface area contributed by atoms with Gasteiger partial charge in [-0.2, -0.15) is 0 Å². The Bertz CT molecular complexity index is 685. The van der Waals surface area contributed by atoms with E-state index < -0.39 is 0 Å². The maximum atomic E-state index is 7.70. The van der Waals surface area contributed by atoms with Crippen molar-refractivity contribution in [2.45, 2.75) is 0 Å². The van der Waals surface area contributed by atoms with Crippen LogP contribution in [0.1, 0.15) is 5.56 Å². The number of fused-ring (bicyclic) bond motifs is 1. The lowest BCUT2D eigenvalue weighted by molar-refractivity contribution is 0.886. The molecule has 0 unspecified atom stereocenters. The average Bonchev–Trinajstić information content (AvgIpc) is 2.78. The number of hydrogen-bond acceptors (Lipinski definition) is 4. The second-order valence-electron chi connectivity index (χ2n) is 4.58. The SMILES string of the molecule is N=C(N)c1ccccc1N1CN(N)c2cccc(Cl)c21. The van der Waals surface area contributed by atoms with Gasteiger partial charge in [0.05, 0.1) is 22.1 Å². The molecule has 5 nitrogen and oxygen atoms in total. The molecule has 0 radical (unpaired) electrons. The molecule has 0 spiro atoms. The highest BCUT2D eigenvalue weighted by Gasteiger charge is 2.28. The Morgan fingerprint density at radius 3 is 2.55 bits per heavy atom. The van der Waals surface area contributed by atoms with Gasteiger partial charge in [0.2, 0.25) is 0 Å². The molecule has 2 aromatic rings. The Labute approximate surface area is 121 Å². The number of nitrogens with zero attached hydrogens (tertiary/aromatic N) is 2. The number of hydrogen-bond donors (Lipinski definition) is 3. The van der Waals surface area contributed by atoms with Gasteiger partial charge in [-0.05, 0) is 24.3 Å². The molecule has 0 aromatic heterocycles. The van der Waals surface area contributed by atoms with E-state index in [1.54, 1.807) is 5.01 Å². The molecule has 1 aliphatic rings. The van der Waals surface area contributed by atoms with E-state index in [1.807, 2.05) is 47.4 Å². The average molecular weight is 288 g/mol. The number of halogens is 1. The van der Waals surface area contributed by atoms with Crippen molar-refractivity contribution in [3.05, 3.63) is 53.1 Å². The van der Waals surface area contributed by atoms with Crippen LogP contribution >= 0.6 is 11.6 Å². The van der Waals surface area contributed by atoms with Gasteiger partial charge in [-0.3, -0.25) is 10.4 Å². The highest BCUT2D eigenvalue weighted by Crippen LogP contribution is 2.44. The fraction of sp³-hybridized carbons (Fsp3) is 0.0714. The van der Waals surface area contributed by atoms with Crippen LogP contribution in [0, 0.1) is 5.41 Å². The van der Waals surface area contributed by atoms with E-state index in [1.165, 1.54) is 0 Å². The molecule has 0 amide bonds. The molecule has 3 rings (SSSR count). The number of nitrogens with two attached hydrogens (primary N) is 2. The molecule has 1 heterocycles. The third-order valence-corrected chi connectivity index (χ3v) is 3.63.